The van der Waals surface area contributed by atoms with Gasteiger partial charge in [0.1, 0.15) is 17.2 Å². The van der Waals surface area contributed by atoms with Gasteiger partial charge in [-0.2, -0.15) is 0 Å². The molecule has 0 radical (unpaired) electrons. The van der Waals surface area contributed by atoms with E-state index in [1.54, 1.807) is 30.3 Å². The number of alkyl halides is 1. The summed E-state index contributed by atoms with van der Waals surface area (Å²) >= 11 is 3.39. The lowest BCUT2D eigenvalue weighted by Gasteiger charge is -2.10. The van der Waals surface area contributed by atoms with Crippen LogP contribution in [0.5, 0.6) is 0 Å². The van der Waals surface area contributed by atoms with Gasteiger partial charge in [0.05, 0.1) is 10.9 Å². The van der Waals surface area contributed by atoms with Gasteiger partial charge in [-0.1, -0.05) is 40.2 Å². The van der Waals surface area contributed by atoms with Crippen LogP contribution in [0.3, 0.4) is 0 Å². The number of fused-ring (bicyclic) bond motifs is 1. The molecular formula is C18H14BrFO2. The highest BCUT2D eigenvalue weighted by molar-refractivity contribution is 9.09. The summed E-state index contributed by atoms with van der Waals surface area (Å²) in [6, 6.07) is 13.2. The lowest BCUT2D eigenvalue weighted by atomic mass is 10.00. The number of halogens is 2. The van der Waals surface area contributed by atoms with Gasteiger partial charge in [-0.25, -0.2) is 4.39 Å². The van der Waals surface area contributed by atoms with E-state index in [9.17, 15) is 9.18 Å². The van der Waals surface area contributed by atoms with Crippen molar-refractivity contribution in [3.8, 4) is 11.1 Å². The molecule has 0 bridgehead atoms. The van der Waals surface area contributed by atoms with Crippen LogP contribution in [0, 0.1) is 5.82 Å². The second kappa shape index (κ2) is 6.44. The molecule has 0 saturated carbocycles. The summed E-state index contributed by atoms with van der Waals surface area (Å²) in [6.45, 7) is 0. The van der Waals surface area contributed by atoms with Crippen molar-refractivity contribution in [2.45, 2.75) is 12.8 Å². The first-order chi connectivity index (χ1) is 10.7. The van der Waals surface area contributed by atoms with E-state index in [0.29, 0.717) is 34.3 Å². The first kappa shape index (κ1) is 15.0. The quantitative estimate of drug-likeness (QED) is 0.617. The average Bonchev–Trinajstić information content (AvgIpc) is 2.53. The van der Waals surface area contributed by atoms with Crippen LogP contribution >= 0.6 is 15.9 Å². The summed E-state index contributed by atoms with van der Waals surface area (Å²) in [6.07, 6.45) is 1.46. The van der Waals surface area contributed by atoms with Crippen molar-refractivity contribution in [3.63, 3.8) is 0 Å². The second-order valence-electron chi connectivity index (χ2n) is 5.03. The van der Waals surface area contributed by atoms with Crippen LogP contribution in [0.15, 0.2) is 57.7 Å². The van der Waals surface area contributed by atoms with E-state index >= 15 is 0 Å². The molecule has 0 unspecified atom stereocenters. The highest BCUT2D eigenvalue weighted by Gasteiger charge is 2.16. The predicted molar refractivity (Wildman–Crippen MR) is 90.0 cm³/mol. The minimum atomic E-state index is -0.364. The van der Waals surface area contributed by atoms with Crippen molar-refractivity contribution in [1.82, 2.24) is 0 Å². The molecule has 0 atom stereocenters. The van der Waals surface area contributed by atoms with E-state index in [4.69, 9.17) is 4.42 Å². The highest BCUT2D eigenvalue weighted by atomic mass is 79.9. The summed E-state index contributed by atoms with van der Waals surface area (Å²) < 4.78 is 19.5. The fraction of sp³-hybridized carbons (Fsp3) is 0.167. The van der Waals surface area contributed by atoms with E-state index in [0.717, 1.165) is 11.8 Å². The van der Waals surface area contributed by atoms with Gasteiger partial charge in [-0.15, -0.1) is 0 Å². The van der Waals surface area contributed by atoms with Gasteiger partial charge >= 0.3 is 0 Å². The van der Waals surface area contributed by atoms with E-state index in [2.05, 4.69) is 15.9 Å². The van der Waals surface area contributed by atoms with Crippen molar-refractivity contribution in [2.24, 2.45) is 0 Å². The van der Waals surface area contributed by atoms with Crippen molar-refractivity contribution in [1.29, 1.82) is 0 Å². The monoisotopic (exact) mass is 360 g/mol. The van der Waals surface area contributed by atoms with Crippen LogP contribution in [0.4, 0.5) is 4.39 Å². The number of aryl methyl sites for hydroxylation is 1. The van der Waals surface area contributed by atoms with Gasteiger partial charge in [0, 0.05) is 11.8 Å². The molecular weight excluding hydrogens is 347 g/mol. The highest BCUT2D eigenvalue weighted by Crippen LogP contribution is 2.26. The Kier molecular flexibility index (Phi) is 4.39. The zero-order chi connectivity index (χ0) is 15.5. The maximum atomic E-state index is 13.5. The SMILES string of the molecule is O=c1c(-c2cccc(F)c2)c(CCCBr)oc2ccccc12. The molecule has 0 N–H and O–H groups in total. The van der Waals surface area contributed by atoms with Crippen molar-refractivity contribution in [3.05, 3.63) is 70.3 Å². The Labute approximate surface area is 135 Å². The van der Waals surface area contributed by atoms with E-state index in [1.807, 2.05) is 6.07 Å². The molecule has 22 heavy (non-hydrogen) atoms. The zero-order valence-corrected chi connectivity index (χ0v) is 13.4. The predicted octanol–water partition coefficient (Wildman–Crippen LogP) is 4.93. The molecule has 4 heteroatoms. The Hall–Kier alpha value is -1.94. The molecule has 112 valence electrons. The number of hydrogen-bond acceptors (Lipinski definition) is 2. The first-order valence-corrected chi connectivity index (χ1v) is 8.19. The molecule has 1 aromatic heterocycles. The molecule has 0 saturated heterocycles. The number of hydrogen-bond donors (Lipinski definition) is 0. The Morgan fingerprint density at radius 1 is 1.09 bits per heavy atom. The Bertz CT molecular complexity index is 870. The van der Waals surface area contributed by atoms with Crippen molar-refractivity contribution in [2.75, 3.05) is 5.33 Å². The number of rotatable bonds is 4. The van der Waals surface area contributed by atoms with Crippen molar-refractivity contribution >= 4 is 26.9 Å². The molecule has 0 aliphatic carbocycles. The van der Waals surface area contributed by atoms with Crippen LogP contribution in [-0.4, -0.2) is 5.33 Å². The van der Waals surface area contributed by atoms with Crippen LogP contribution < -0.4 is 5.43 Å². The lowest BCUT2D eigenvalue weighted by molar-refractivity contribution is 0.535. The van der Waals surface area contributed by atoms with Gasteiger partial charge in [-0.3, -0.25) is 4.79 Å². The molecule has 0 spiro atoms. The molecule has 2 aromatic carbocycles. The molecule has 0 amide bonds. The minimum Gasteiger partial charge on any atom is -0.460 e. The summed E-state index contributed by atoms with van der Waals surface area (Å²) in [7, 11) is 0. The largest absolute Gasteiger partial charge is 0.460 e. The maximum Gasteiger partial charge on any atom is 0.200 e. The topological polar surface area (TPSA) is 30.2 Å². The standard InChI is InChI=1S/C18H14BrFO2/c19-10-4-9-16-17(12-5-3-6-13(20)11-12)18(21)14-7-1-2-8-15(14)22-16/h1-3,5-8,11H,4,9-10H2. The first-order valence-electron chi connectivity index (χ1n) is 7.07. The fourth-order valence-electron chi connectivity index (χ4n) is 2.53. The molecule has 0 fully saturated rings. The van der Waals surface area contributed by atoms with Gasteiger partial charge in [0.15, 0.2) is 0 Å². The Morgan fingerprint density at radius 3 is 2.68 bits per heavy atom. The Balaban J connectivity index is 2.29. The second-order valence-corrected chi connectivity index (χ2v) is 5.82. The van der Waals surface area contributed by atoms with E-state index in [-0.39, 0.29) is 11.2 Å². The van der Waals surface area contributed by atoms with Crippen LogP contribution in [0.1, 0.15) is 12.2 Å². The lowest BCUT2D eigenvalue weighted by Crippen LogP contribution is -2.09. The van der Waals surface area contributed by atoms with Crippen LogP contribution in [0.2, 0.25) is 0 Å². The molecule has 0 aliphatic rings. The third-order valence-corrected chi connectivity index (χ3v) is 4.08. The Morgan fingerprint density at radius 2 is 1.91 bits per heavy atom. The van der Waals surface area contributed by atoms with Gasteiger partial charge in [0.2, 0.25) is 5.43 Å². The summed E-state index contributed by atoms with van der Waals surface area (Å²) in [5, 5.41) is 1.33. The zero-order valence-electron chi connectivity index (χ0n) is 11.8. The summed E-state index contributed by atoms with van der Waals surface area (Å²) in [5.74, 6) is 0.241. The molecule has 2 nitrogen and oxygen atoms in total. The van der Waals surface area contributed by atoms with Crippen LogP contribution in [-0.2, 0) is 6.42 Å². The molecule has 3 aromatic rings. The minimum absolute atomic E-state index is 0.114. The van der Waals surface area contributed by atoms with Crippen molar-refractivity contribution < 1.29 is 8.81 Å². The van der Waals surface area contributed by atoms with E-state index < -0.39 is 0 Å². The van der Waals surface area contributed by atoms with Crippen LogP contribution in [0.25, 0.3) is 22.1 Å². The third-order valence-electron chi connectivity index (χ3n) is 3.52. The molecule has 0 aliphatic heterocycles. The normalized spacial score (nSPS) is 11.0. The fourth-order valence-corrected chi connectivity index (χ4v) is 2.81. The molecule has 3 rings (SSSR count). The van der Waals surface area contributed by atoms with Gasteiger partial charge in [0.25, 0.3) is 0 Å². The average molecular weight is 361 g/mol. The van der Waals surface area contributed by atoms with E-state index in [1.165, 1.54) is 12.1 Å². The third kappa shape index (κ3) is 2.83. The summed E-state index contributed by atoms with van der Waals surface area (Å²) in [5.41, 5.74) is 1.47. The number of benzene rings is 2. The smallest absolute Gasteiger partial charge is 0.200 e. The maximum absolute atomic E-state index is 13.5. The van der Waals surface area contributed by atoms with Gasteiger partial charge < -0.3 is 4.42 Å². The molecule has 1 heterocycles. The van der Waals surface area contributed by atoms with Gasteiger partial charge in [-0.05, 0) is 36.2 Å². The summed E-state index contributed by atoms with van der Waals surface area (Å²) in [4.78, 5) is 12.8. The number of para-hydroxylation sites is 1.